The van der Waals surface area contributed by atoms with Crippen LogP contribution in [0.2, 0.25) is 54.4 Å². The zero-order chi connectivity index (χ0) is 39.6. The Balaban J connectivity index is 1.78. The molecule has 0 heterocycles. The molecule has 0 aromatic heterocycles. The molecule has 5 atom stereocenters. The summed E-state index contributed by atoms with van der Waals surface area (Å²) in [5.41, 5.74) is 6.00. The Morgan fingerprint density at radius 3 is 2.02 bits per heavy atom. The normalized spacial score (nSPS) is 28.5. The van der Waals surface area contributed by atoms with E-state index in [4.69, 9.17) is 13.3 Å². The van der Waals surface area contributed by atoms with E-state index in [2.05, 4.69) is 141 Å². The van der Waals surface area contributed by atoms with Gasteiger partial charge in [0.15, 0.2) is 16.6 Å². The SMILES string of the molecule is C=C1CC(=CO[Si](C)(C)C(C)(C)C)[C@H](O[Si](C)(C)C(C)(C)C)C/C1=C/C=C1CCC[C@@]2(C)C1CC[C@@H]2[C@H](C)CCCC(C)(C)O[Si](CC)(CC)CC. The molecule has 300 valence electrons. The molecule has 0 spiro atoms. The summed E-state index contributed by atoms with van der Waals surface area (Å²) < 4.78 is 20.9. The quantitative estimate of drug-likeness (QED) is 0.123. The Bertz CT molecular complexity index is 1290. The topological polar surface area (TPSA) is 27.7 Å². The molecule has 0 aromatic carbocycles. The second kappa shape index (κ2) is 17.2. The summed E-state index contributed by atoms with van der Waals surface area (Å²) in [5, 5.41) is 0.310. The van der Waals surface area contributed by atoms with Gasteiger partial charge >= 0.3 is 0 Å². The molecular weight excluding hydrogens is 685 g/mol. The van der Waals surface area contributed by atoms with E-state index in [0.717, 1.165) is 24.7 Å². The van der Waals surface area contributed by atoms with Crippen molar-refractivity contribution in [2.45, 2.75) is 220 Å². The maximum atomic E-state index is 7.19. The van der Waals surface area contributed by atoms with Crippen molar-refractivity contribution in [1.29, 1.82) is 0 Å². The summed E-state index contributed by atoms with van der Waals surface area (Å²) in [4.78, 5) is 0. The lowest BCUT2D eigenvalue weighted by molar-refractivity contribution is 0.0704. The molecule has 52 heavy (non-hydrogen) atoms. The lowest BCUT2D eigenvalue weighted by Crippen LogP contribution is -2.45. The van der Waals surface area contributed by atoms with Crippen molar-refractivity contribution in [2.24, 2.45) is 23.2 Å². The van der Waals surface area contributed by atoms with Crippen LogP contribution < -0.4 is 0 Å². The molecule has 3 saturated carbocycles. The minimum Gasteiger partial charge on any atom is -0.549 e. The number of hydrogen-bond donors (Lipinski definition) is 0. The fourth-order valence-corrected chi connectivity index (χ4v) is 14.7. The molecule has 0 aromatic rings. The standard InChI is InChI=1S/C46H86O3Si3/c1-19-52(20-2,21-3)49-45(12,13)30-22-24-35(4)40-28-29-41-37(25-23-31-46(40,41)14)26-27-38-33-42(48-51(17,18)44(9,10)11)39(32-36(38)5)34-47-50(15,16)43(6,7)8/h26-27,34-35,40-42H,5,19-25,28-33H2,1-4,6-18H3/b37-26?,38-27-,39-34?/t35-,40-,41?,42-,46-/m1/s1. The number of fused-ring (bicyclic) bond motifs is 1. The molecule has 3 aliphatic carbocycles. The van der Waals surface area contributed by atoms with Gasteiger partial charge in [-0.05, 0) is 153 Å². The van der Waals surface area contributed by atoms with E-state index in [1.807, 2.05) is 0 Å². The van der Waals surface area contributed by atoms with Crippen LogP contribution in [0, 0.1) is 23.2 Å². The summed E-state index contributed by atoms with van der Waals surface area (Å²) in [6.45, 7) is 45.1. The molecule has 0 bridgehead atoms. The minimum absolute atomic E-state index is 0.00346. The second-order valence-corrected chi connectivity index (χ2v) is 35.6. The van der Waals surface area contributed by atoms with Gasteiger partial charge in [0.2, 0.25) is 8.32 Å². The van der Waals surface area contributed by atoms with Gasteiger partial charge in [-0.3, -0.25) is 0 Å². The fraction of sp³-hybridized carbons (Fsp3) is 0.826. The Kier molecular flexibility index (Phi) is 15.1. The van der Waals surface area contributed by atoms with Gasteiger partial charge in [0, 0.05) is 6.42 Å². The molecule has 1 unspecified atom stereocenters. The van der Waals surface area contributed by atoms with Crippen LogP contribution in [-0.2, 0) is 13.3 Å². The van der Waals surface area contributed by atoms with Crippen LogP contribution in [0.3, 0.4) is 0 Å². The lowest BCUT2D eigenvalue weighted by Gasteiger charge is -2.44. The highest BCUT2D eigenvalue weighted by molar-refractivity contribution is 6.75. The van der Waals surface area contributed by atoms with E-state index in [1.165, 1.54) is 86.2 Å². The highest BCUT2D eigenvalue weighted by atomic mass is 28.4. The molecule has 6 heteroatoms. The summed E-state index contributed by atoms with van der Waals surface area (Å²) in [6.07, 6.45) is 19.3. The van der Waals surface area contributed by atoms with Gasteiger partial charge in [-0.15, -0.1) is 0 Å². The highest BCUT2D eigenvalue weighted by Crippen LogP contribution is 2.60. The third-order valence-corrected chi connectivity index (χ3v) is 29.0. The van der Waals surface area contributed by atoms with E-state index >= 15 is 0 Å². The van der Waals surface area contributed by atoms with E-state index in [9.17, 15) is 0 Å². The van der Waals surface area contributed by atoms with Crippen LogP contribution >= 0.6 is 0 Å². The summed E-state index contributed by atoms with van der Waals surface area (Å²) in [6, 6.07) is 3.70. The molecule has 3 fully saturated rings. The highest BCUT2D eigenvalue weighted by Gasteiger charge is 2.51. The molecule has 0 aliphatic heterocycles. The number of rotatable bonds is 15. The molecular formula is C46H86O3Si3. The van der Waals surface area contributed by atoms with Crippen molar-refractivity contribution in [2.75, 3.05) is 0 Å². The van der Waals surface area contributed by atoms with Gasteiger partial charge in [-0.1, -0.05) is 113 Å². The largest absolute Gasteiger partial charge is 0.549 e. The Labute approximate surface area is 327 Å². The third kappa shape index (κ3) is 10.8. The van der Waals surface area contributed by atoms with E-state index in [-0.39, 0.29) is 21.8 Å². The van der Waals surface area contributed by atoms with E-state index in [0.29, 0.717) is 11.3 Å². The van der Waals surface area contributed by atoms with Gasteiger partial charge < -0.3 is 13.3 Å². The van der Waals surface area contributed by atoms with Crippen molar-refractivity contribution >= 4 is 25.0 Å². The van der Waals surface area contributed by atoms with Crippen molar-refractivity contribution in [3.63, 3.8) is 0 Å². The van der Waals surface area contributed by atoms with Gasteiger partial charge in [0.1, 0.15) is 0 Å². The van der Waals surface area contributed by atoms with Crippen LogP contribution in [0.5, 0.6) is 0 Å². The molecule has 0 radical (unpaired) electrons. The monoisotopic (exact) mass is 771 g/mol. The van der Waals surface area contributed by atoms with Gasteiger partial charge in [-0.25, -0.2) is 0 Å². The van der Waals surface area contributed by atoms with Gasteiger partial charge in [0.25, 0.3) is 0 Å². The molecule has 3 rings (SSSR count). The first-order valence-electron chi connectivity index (χ1n) is 21.6. The first-order chi connectivity index (χ1) is 23.8. The van der Waals surface area contributed by atoms with Gasteiger partial charge in [-0.2, -0.15) is 0 Å². The zero-order valence-electron chi connectivity index (χ0n) is 37.7. The zero-order valence-corrected chi connectivity index (χ0v) is 40.7. The number of allylic oxidation sites excluding steroid dienone is 4. The Hall–Kier alpha value is -0.669. The second-order valence-electron chi connectivity index (χ2n) is 21.4. The van der Waals surface area contributed by atoms with Crippen LogP contribution in [0.15, 0.2) is 47.3 Å². The average molecular weight is 771 g/mol. The third-order valence-electron chi connectivity index (χ3n) is 15.3. The summed E-state index contributed by atoms with van der Waals surface area (Å²) in [7, 11) is -5.53. The smallest absolute Gasteiger partial charge is 0.249 e. The Morgan fingerprint density at radius 1 is 0.865 bits per heavy atom. The molecule has 0 N–H and O–H groups in total. The maximum Gasteiger partial charge on any atom is 0.249 e. The first kappa shape index (κ1) is 45.7. The van der Waals surface area contributed by atoms with E-state index in [1.54, 1.807) is 5.57 Å². The molecule has 0 saturated heterocycles. The predicted octanol–water partition coefficient (Wildman–Crippen LogP) is 15.3. The summed E-state index contributed by atoms with van der Waals surface area (Å²) >= 11 is 0. The first-order valence-corrected chi connectivity index (χ1v) is 29.9. The van der Waals surface area contributed by atoms with Crippen LogP contribution in [0.4, 0.5) is 0 Å². The summed E-state index contributed by atoms with van der Waals surface area (Å²) in [5.74, 6) is 2.29. The molecule has 0 amide bonds. The molecule has 3 aliphatic rings. The van der Waals surface area contributed by atoms with Crippen molar-refractivity contribution < 1.29 is 13.3 Å². The van der Waals surface area contributed by atoms with Crippen LogP contribution in [-0.4, -0.2) is 36.7 Å². The minimum atomic E-state index is -2.00. The van der Waals surface area contributed by atoms with Gasteiger partial charge in [0.05, 0.1) is 18.0 Å². The van der Waals surface area contributed by atoms with Crippen LogP contribution in [0.25, 0.3) is 0 Å². The lowest BCUT2D eigenvalue weighted by atomic mass is 9.60. The van der Waals surface area contributed by atoms with Crippen molar-refractivity contribution in [3.8, 4) is 0 Å². The predicted molar refractivity (Wildman–Crippen MR) is 237 cm³/mol. The van der Waals surface area contributed by atoms with Crippen molar-refractivity contribution in [3.05, 3.63) is 47.3 Å². The van der Waals surface area contributed by atoms with Crippen molar-refractivity contribution in [1.82, 2.24) is 0 Å². The number of hydrogen-bond acceptors (Lipinski definition) is 3. The fourth-order valence-electron chi connectivity index (χ4n) is 9.38. The maximum absolute atomic E-state index is 7.19. The Morgan fingerprint density at radius 2 is 1.46 bits per heavy atom. The average Bonchev–Trinajstić information content (AvgIpc) is 3.39. The van der Waals surface area contributed by atoms with Crippen LogP contribution in [0.1, 0.15) is 154 Å². The van der Waals surface area contributed by atoms with E-state index < -0.39 is 25.0 Å². The molecule has 3 nitrogen and oxygen atoms in total.